The van der Waals surface area contributed by atoms with Gasteiger partial charge in [0.2, 0.25) is 5.91 Å². The molecule has 0 radical (unpaired) electrons. The van der Waals surface area contributed by atoms with Gasteiger partial charge in [0.15, 0.2) is 0 Å². The molecule has 0 rings (SSSR count). The Morgan fingerprint density at radius 2 is 1.54 bits per heavy atom. The number of carboxylic acids is 1. The largest absolute Gasteiger partial charge is 1.00 e. The van der Waals surface area contributed by atoms with E-state index in [0.29, 0.717) is 19.5 Å². The minimum Gasteiger partial charge on any atom is -0.548 e. The van der Waals surface area contributed by atoms with E-state index in [9.17, 15) is 14.7 Å². The third-order valence-corrected chi connectivity index (χ3v) is 4.50. The van der Waals surface area contributed by atoms with E-state index in [1.807, 2.05) is 0 Å². The first kappa shape index (κ1) is 28.1. The van der Waals surface area contributed by atoms with Crippen LogP contribution in [0.1, 0.15) is 78.1 Å². The molecule has 0 fully saturated rings. The van der Waals surface area contributed by atoms with Gasteiger partial charge >= 0.3 is 29.6 Å². The van der Waals surface area contributed by atoms with Crippen molar-refractivity contribution in [1.82, 2.24) is 10.2 Å². The van der Waals surface area contributed by atoms with Gasteiger partial charge in [-0.05, 0) is 13.3 Å². The van der Waals surface area contributed by atoms with Gasteiger partial charge in [-0.2, -0.15) is 0 Å². The Morgan fingerprint density at radius 1 is 1.00 bits per heavy atom. The van der Waals surface area contributed by atoms with E-state index in [1.54, 1.807) is 4.90 Å². The Balaban J connectivity index is 0. The molecule has 0 aliphatic rings. The van der Waals surface area contributed by atoms with Crippen molar-refractivity contribution in [3.8, 4) is 0 Å². The number of aliphatic hydroxyl groups is 1. The molecule has 7 heteroatoms. The Morgan fingerprint density at radius 3 is 2.04 bits per heavy atom. The molecule has 1 unspecified atom stereocenters. The topological polar surface area (TPSA) is 92.7 Å². The molecule has 1 atom stereocenters. The van der Waals surface area contributed by atoms with Crippen LogP contribution in [-0.2, 0) is 9.59 Å². The maximum atomic E-state index is 11.8. The zero-order valence-electron chi connectivity index (χ0n) is 17.1. The second-order valence-electron chi connectivity index (χ2n) is 6.68. The van der Waals surface area contributed by atoms with Crippen LogP contribution in [0.15, 0.2) is 0 Å². The van der Waals surface area contributed by atoms with Crippen LogP contribution in [0.25, 0.3) is 0 Å². The molecule has 0 aromatic rings. The van der Waals surface area contributed by atoms with Gasteiger partial charge in [-0.3, -0.25) is 9.69 Å². The summed E-state index contributed by atoms with van der Waals surface area (Å²) in [5, 5.41) is 22.7. The Hall–Kier alpha value is -0.140. The molecular formula is C19H37N2NaO4. The van der Waals surface area contributed by atoms with E-state index in [4.69, 9.17) is 5.11 Å². The van der Waals surface area contributed by atoms with Crippen molar-refractivity contribution in [3.05, 3.63) is 0 Å². The quantitative estimate of drug-likeness (QED) is 0.236. The van der Waals surface area contributed by atoms with Gasteiger partial charge in [-0.15, -0.1) is 0 Å². The number of hydrogen-bond donors (Lipinski definition) is 2. The molecule has 0 spiro atoms. The van der Waals surface area contributed by atoms with E-state index in [-0.39, 0.29) is 48.6 Å². The summed E-state index contributed by atoms with van der Waals surface area (Å²) < 4.78 is 0. The van der Waals surface area contributed by atoms with Crippen molar-refractivity contribution in [2.45, 2.75) is 84.1 Å². The van der Waals surface area contributed by atoms with Gasteiger partial charge in [0, 0.05) is 32.1 Å². The van der Waals surface area contributed by atoms with Gasteiger partial charge < -0.3 is 20.3 Å². The summed E-state index contributed by atoms with van der Waals surface area (Å²) in [6, 6.07) is -0.777. The zero-order chi connectivity index (χ0) is 18.9. The van der Waals surface area contributed by atoms with E-state index >= 15 is 0 Å². The van der Waals surface area contributed by atoms with Crippen molar-refractivity contribution in [2.75, 3.05) is 26.2 Å². The average Bonchev–Trinajstić information content (AvgIpc) is 2.58. The summed E-state index contributed by atoms with van der Waals surface area (Å²) in [6.45, 7) is 4.65. The molecule has 0 aromatic heterocycles. The molecule has 1 amide bonds. The molecule has 0 saturated heterocycles. The van der Waals surface area contributed by atoms with Crippen LogP contribution >= 0.6 is 0 Å². The first-order chi connectivity index (χ1) is 12.0. The minimum absolute atomic E-state index is 0. The average molecular weight is 381 g/mol. The molecule has 0 aliphatic heterocycles. The first-order valence-corrected chi connectivity index (χ1v) is 9.85. The molecule has 2 N–H and O–H groups in total. The molecule has 0 aromatic carbocycles. The van der Waals surface area contributed by atoms with Crippen LogP contribution in [-0.4, -0.2) is 54.2 Å². The number of carbonyl (C=O) groups is 2. The monoisotopic (exact) mass is 380 g/mol. The third-order valence-electron chi connectivity index (χ3n) is 4.50. The molecule has 0 bridgehead atoms. The maximum Gasteiger partial charge on any atom is 1.00 e. The number of aliphatic carboxylic acids is 1. The number of amides is 1. The van der Waals surface area contributed by atoms with Crippen LogP contribution in [0.3, 0.4) is 0 Å². The van der Waals surface area contributed by atoms with Crippen LogP contribution in [0, 0.1) is 0 Å². The predicted octanol–water partition coefficient (Wildman–Crippen LogP) is -1.54. The summed E-state index contributed by atoms with van der Waals surface area (Å²) in [6.07, 6.45) is 11.5. The number of aliphatic hydroxyl groups excluding tert-OH is 1. The molecule has 148 valence electrons. The minimum atomic E-state index is -1.17. The van der Waals surface area contributed by atoms with E-state index in [1.165, 1.54) is 51.9 Å². The van der Waals surface area contributed by atoms with Crippen LogP contribution in [0.2, 0.25) is 0 Å². The summed E-state index contributed by atoms with van der Waals surface area (Å²) in [7, 11) is 0. The molecule has 0 aliphatic carbocycles. The van der Waals surface area contributed by atoms with Crippen LogP contribution in [0.5, 0.6) is 0 Å². The van der Waals surface area contributed by atoms with Crippen molar-refractivity contribution in [1.29, 1.82) is 0 Å². The predicted molar refractivity (Wildman–Crippen MR) is 98.0 cm³/mol. The maximum absolute atomic E-state index is 11.8. The van der Waals surface area contributed by atoms with Crippen molar-refractivity contribution < 1.29 is 49.4 Å². The number of carbonyl (C=O) groups excluding carboxylic acids is 2. The van der Waals surface area contributed by atoms with E-state index < -0.39 is 12.0 Å². The number of nitrogens with one attached hydrogen (secondary N) is 1. The fourth-order valence-electron chi connectivity index (χ4n) is 2.80. The van der Waals surface area contributed by atoms with E-state index in [2.05, 4.69) is 12.2 Å². The second kappa shape index (κ2) is 19.6. The van der Waals surface area contributed by atoms with Gasteiger partial charge in [0.05, 0.1) is 12.6 Å². The summed E-state index contributed by atoms with van der Waals surface area (Å²) in [4.78, 5) is 24.3. The smallest absolute Gasteiger partial charge is 0.548 e. The van der Waals surface area contributed by atoms with Crippen molar-refractivity contribution in [3.63, 3.8) is 0 Å². The Bertz CT molecular complexity index is 356. The standard InChI is InChI=1S/C19H38N2O4.Na/c1-3-4-5-6-7-8-9-10-11-12-18(23)20-13-14-21(15-16-22)17(2)19(24)25;/h17,22H,3-16H2,1-2H3,(H,20,23)(H,24,25);/q;+1/p-1. The van der Waals surface area contributed by atoms with Crippen LogP contribution < -0.4 is 40.0 Å². The fourth-order valence-corrected chi connectivity index (χ4v) is 2.80. The number of hydrogen-bond acceptors (Lipinski definition) is 5. The number of unbranched alkanes of at least 4 members (excludes halogenated alkanes) is 8. The Kier molecular flexibility index (Phi) is 21.2. The Labute approximate surface area is 181 Å². The van der Waals surface area contributed by atoms with Crippen molar-refractivity contribution in [2.24, 2.45) is 0 Å². The van der Waals surface area contributed by atoms with Crippen molar-refractivity contribution >= 4 is 11.9 Å². The molecular weight excluding hydrogens is 343 g/mol. The first-order valence-electron chi connectivity index (χ1n) is 9.85. The SMILES string of the molecule is CCCCCCCCCCCC(=O)NCCN(CCO)C(C)C(=O)[O-].[Na+]. The molecule has 0 saturated carbocycles. The number of nitrogens with zero attached hydrogens (tertiary/aromatic N) is 1. The molecule has 6 nitrogen and oxygen atoms in total. The summed E-state index contributed by atoms with van der Waals surface area (Å²) >= 11 is 0. The molecule has 26 heavy (non-hydrogen) atoms. The van der Waals surface area contributed by atoms with E-state index in [0.717, 1.165) is 12.8 Å². The van der Waals surface area contributed by atoms with Gasteiger partial charge in [0.1, 0.15) is 0 Å². The van der Waals surface area contributed by atoms with Gasteiger partial charge in [0.25, 0.3) is 0 Å². The second-order valence-corrected chi connectivity index (χ2v) is 6.68. The fraction of sp³-hybridized carbons (Fsp3) is 0.895. The number of carboxylic acid groups (broad SMARTS) is 1. The summed E-state index contributed by atoms with van der Waals surface area (Å²) in [5.74, 6) is -1.16. The third kappa shape index (κ3) is 16.1. The zero-order valence-corrected chi connectivity index (χ0v) is 19.1. The summed E-state index contributed by atoms with van der Waals surface area (Å²) in [5.41, 5.74) is 0. The number of rotatable bonds is 17. The van der Waals surface area contributed by atoms with Crippen LogP contribution in [0.4, 0.5) is 0 Å². The molecule has 0 heterocycles. The van der Waals surface area contributed by atoms with Gasteiger partial charge in [-0.25, -0.2) is 0 Å². The van der Waals surface area contributed by atoms with Gasteiger partial charge in [-0.1, -0.05) is 58.3 Å². The normalized spacial score (nSPS) is 11.8.